The van der Waals surface area contributed by atoms with Crippen molar-refractivity contribution in [3.8, 4) is 0 Å². The van der Waals surface area contributed by atoms with Crippen LogP contribution in [0, 0.1) is 0 Å². The van der Waals surface area contributed by atoms with Crippen molar-refractivity contribution in [2.45, 2.75) is 19.9 Å². The number of nitrogens with zero attached hydrogens (tertiary/aromatic N) is 1. The van der Waals surface area contributed by atoms with Gasteiger partial charge in [0, 0.05) is 11.4 Å². The first-order valence-corrected chi connectivity index (χ1v) is 6.59. The average Bonchev–Trinajstić information content (AvgIpc) is 2.27. The molecule has 0 aromatic heterocycles. The van der Waals surface area contributed by atoms with Gasteiger partial charge in [-0.1, -0.05) is 13.8 Å². The van der Waals surface area contributed by atoms with E-state index >= 15 is 0 Å². The fourth-order valence-corrected chi connectivity index (χ4v) is 2.21. The third-order valence-electron chi connectivity index (χ3n) is 2.26. The molecule has 0 rings (SSSR count). The van der Waals surface area contributed by atoms with E-state index in [9.17, 15) is 5.11 Å². The summed E-state index contributed by atoms with van der Waals surface area (Å²) in [7, 11) is 0. The zero-order valence-electron chi connectivity index (χ0n) is 10.4. The summed E-state index contributed by atoms with van der Waals surface area (Å²) in [5, 5.41) is 11.3. The average molecular weight is 274 g/mol. The number of hydrogen-bond donors (Lipinski definition) is 2. The number of hydrogen-bond acceptors (Lipinski definition) is 6. The molecule has 0 aliphatic heterocycles. The largest absolute Gasteiger partial charge is 1.00 e. The van der Waals surface area contributed by atoms with Crippen LogP contribution in [0.15, 0.2) is 11.6 Å². The van der Waals surface area contributed by atoms with E-state index in [1.807, 2.05) is 20.1 Å². The van der Waals surface area contributed by atoms with Crippen molar-refractivity contribution in [2.24, 2.45) is 5.73 Å². The topological polar surface area (TPSA) is 61.5 Å². The molecule has 0 saturated heterocycles. The monoisotopic (exact) mass is 274 g/mol. The van der Waals surface area contributed by atoms with Crippen molar-refractivity contribution in [1.29, 1.82) is 0 Å². The van der Waals surface area contributed by atoms with E-state index < -0.39 is 5.95 Å². The maximum absolute atomic E-state index is 11.3. The predicted molar refractivity (Wildman–Crippen MR) is 66.4 cm³/mol. The normalized spacial score (nSPS) is 14.1. The zero-order valence-corrected chi connectivity index (χ0v) is 14.1. The van der Waals surface area contributed by atoms with Crippen molar-refractivity contribution in [3.63, 3.8) is 0 Å². The Labute approximate surface area is 130 Å². The molecule has 16 heavy (non-hydrogen) atoms. The Kier molecular flexibility index (Phi) is 13.1. The van der Waals surface area contributed by atoms with Crippen LogP contribution in [0.3, 0.4) is 0 Å². The molecule has 90 valence electrons. The van der Waals surface area contributed by atoms with Crippen molar-refractivity contribution >= 4 is 24.7 Å². The van der Waals surface area contributed by atoms with E-state index in [-0.39, 0.29) is 41.3 Å². The third-order valence-corrected chi connectivity index (χ3v) is 3.07. The molecule has 1 unspecified atom stereocenters. The summed E-state index contributed by atoms with van der Waals surface area (Å²) < 4.78 is 4.34. The standard InChI is InChI=1S/C9H20N2O2S2.Na/c1-4-11(5-2)7(6-15-3)8(10)9(12)13-14;/h7,12,14H,4-6,10H2,1-3H3;/q;+1/p-1/b9-8-;. The van der Waals surface area contributed by atoms with Crippen LogP contribution in [-0.2, 0) is 4.18 Å². The van der Waals surface area contributed by atoms with E-state index in [1.54, 1.807) is 11.8 Å². The van der Waals surface area contributed by atoms with Gasteiger partial charge < -0.3 is 15.0 Å². The Morgan fingerprint density at radius 3 is 2.31 bits per heavy atom. The van der Waals surface area contributed by atoms with Crippen LogP contribution < -0.4 is 40.4 Å². The molecule has 0 aliphatic carbocycles. The van der Waals surface area contributed by atoms with Gasteiger partial charge in [-0.15, -0.1) is 12.9 Å². The summed E-state index contributed by atoms with van der Waals surface area (Å²) >= 11 is 5.12. The molecule has 0 spiro atoms. The number of thiol groups is 1. The van der Waals surface area contributed by atoms with Crippen molar-refractivity contribution in [2.75, 3.05) is 25.1 Å². The molecule has 0 fully saturated rings. The smallest absolute Gasteiger partial charge is 0.553 e. The number of nitrogens with two attached hydrogens (primary N) is 1. The predicted octanol–water partition coefficient (Wildman–Crippen LogP) is -2.59. The Morgan fingerprint density at radius 2 is 2.00 bits per heavy atom. The van der Waals surface area contributed by atoms with Crippen LogP contribution in [0.1, 0.15) is 13.8 Å². The summed E-state index contributed by atoms with van der Waals surface area (Å²) in [4.78, 5) is 2.12. The van der Waals surface area contributed by atoms with Gasteiger partial charge in [0.05, 0.1) is 12.0 Å². The van der Waals surface area contributed by atoms with Gasteiger partial charge >= 0.3 is 29.6 Å². The van der Waals surface area contributed by atoms with Gasteiger partial charge in [0.25, 0.3) is 0 Å². The summed E-state index contributed by atoms with van der Waals surface area (Å²) in [5.41, 5.74) is 5.97. The molecule has 2 N–H and O–H groups in total. The number of thioether (sulfide) groups is 1. The van der Waals surface area contributed by atoms with E-state index in [2.05, 4.69) is 22.0 Å². The summed E-state index contributed by atoms with van der Waals surface area (Å²) in [6.45, 7) is 5.77. The second-order valence-corrected chi connectivity index (χ2v) is 4.12. The van der Waals surface area contributed by atoms with E-state index in [1.165, 1.54) is 0 Å². The zero-order chi connectivity index (χ0) is 11.8. The SMILES string of the molecule is CCN(CC)C(CSC)/C(N)=C(\[O-])OS.[Na+]. The first-order chi connectivity index (χ1) is 7.12. The summed E-state index contributed by atoms with van der Waals surface area (Å²) in [6.07, 6.45) is 1.98. The van der Waals surface area contributed by atoms with Gasteiger partial charge in [0.1, 0.15) is 0 Å². The maximum Gasteiger partial charge on any atom is 1.00 e. The molecule has 0 amide bonds. The van der Waals surface area contributed by atoms with Gasteiger partial charge in [-0.25, -0.2) is 0 Å². The molecule has 0 saturated carbocycles. The van der Waals surface area contributed by atoms with Crippen LogP contribution >= 0.6 is 24.7 Å². The van der Waals surface area contributed by atoms with Crippen molar-refractivity contribution < 1.29 is 38.8 Å². The minimum Gasteiger partial charge on any atom is -0.553 e. The molecule has 0 radical (unpaired) electrons. The molecule has 1 atom stereocenters. The van der Waals surface area contributed by atoms with Crippen LogP contribution in [0.4, 0.5) is 0 Å². The fourth-order valence-electron chi connectivity index (χ4n) is 1.40. The molecule has 7 heteroatoms. The van der Waals surface area contributed by atoms with Gasteiger partial charge in [0.15, 0.2) is 0 Å². The molecular formula is C9H19N2NaO2S2. The van der Waals surface area contributed by atoms with Crippen LogP contribution in [0.2, 0.25) is 0 Å². The van der Waals surface area contributed by atoms with E-state index in [0.29, 0.717) is 0 Å². The molecule has 0 heterocycles. The Hall–Kier alpha value is 0.800. The first kappa shape index (κ1) is 19.1. The minimum absolute atomic E-state index is 0. The van der Waals surface area contributed by atoms with Gasteiger partial charge in [-0.05, 0) is 19.3 Å². The summed E-state index contributed by atoms with van der Waals surface area (Å²) in [5.74, 6) is 0.223. The van der Waals surface area contributed by atoms with Gasteiger partial charge in [-0.3, -0.25) is 4.90 Å². The van der Waals surface area contributed by atoms with Crippen LogP contribution in [0.25, 0.3) is 0 Å². The van der Waals surface area contributed by atoms with Crippen LogP contribution in [-0.4, -0.2) is 36.0 Å². The maximum atomic E-state index is 11.3. The molecule has 4 nitrogen and oxygen atoms in total. The van der Waals surface area contributed by atoms with Gasteiger partial charge in [-0.2, -0.15) is 11.8 Å². The molecular weight excluding hydrogens is 255 g/mol. The Morgan fingerprint density at radius 1 is 1.50 bits per heavy atom. The van der Waals surface area contributed by atoms with E-state index in [4.69, 9.17) is 5.73 Å². The second kappa shape index (κ2) is 10.9. The van der Waals surface area contributed by atoms with Crippen molar-refractivity contribution in [3.05, 3.63) is 11.6 Å². The van der Waals surface area contributed by atoms with Gasteiger partial charge in [0.2, 0.25) is 0 Å². The number of rotatable bonds is 7. The molecule has 0 bridgehead atoms. The third kappa shape index (κ3) is 5.93. The number of likely N-dealkylation sites (N-methyl/N-ethyl adjacent to an activating group) is 1. The van der Waals surface area contributed by atoms with Crippen LogP contribution in [0.5, 0.6) is 0 Å². The quantitative estimate of drug-likeness (QED) is 0.231. The molecule has 0 aromatic rings. The molecule has 0 aliphatic rings. The second-order valence-electron chi connectivity index (χ2n) is 3.03. The Bertz CT molecular complexity index is 214. The van der Waals surface area contributed by atoms with E-state index in [0.717, 1.165) is 18.8 Å². The van der Waals surface area contributed by atoms with Crippen molar-refractivity contribution in [1.82, 2.24) is 4.90 Å². The Balaban J connectivity index is 0. The molecule has 0 aromatic carbocycles. The summed E-state index contributed by atoms with van der Waals surface area (Å²) in [6, 6.07) is -0.0744. The fraction of sp³-hybridized carbons (Fsp3) is 0.778. The minimum atomic E-state index is -0.552. The first-order valence-electron chi connectivity index (χ1n) is 4.83.